The molecule has 0 aliphatic carbocycles. The third-order valence-electron chi connectivity index (χ3n) is 1.07. The summed E-state index contributed by atoms with van der Waals surface area (Å²) in [5, 5.41) is 25.6. The first-order valence-corrected chi connectivity index (χ1v) is 2.47. The molecule has 0 fully saturated rings. The normalized spacial score (nSPS) is 21.1. The van der Waals surface area contributed by atoms with E-state index < -0.39 is 23.6 Å². The Bertz CT molecular complexity index is 200. The van der Waals surface area contributed by atoms with Crippen molar-refractivity contribution in [3.8, 4) is 0 Å². The van der Waals surface area contributed by atoms with Crippen LogP contribution in [0.3, 0.4) is 0 Å². The van der Waals surface area contributed by atoms with E-state index in [-0.39, 0.29) is 54.4 Å². The second kappa shape index (κ2) is 5.86. The van der Waals surface area contributed by atoms with E-state index in [4.69, 9.17) is 15.3 Å². The van der Waals surface area contributed by atoms with E-state index in [0.717, 1.165) is 0 Å². The van der Waals surface area contributed by atoms with Gasteiger partial charge >= 0.3 is 54.9 Å². The van der Waals surface area contributed by atoms with Crippen molar-refractivity contribution in [2.75, 3.05) is 0 Å². The largest absolute Gasteiger partial charge is 2.00 e. The molecule has 0 spiro atoms. The van der Waals surface area contributed by atoms with Crippen molar-refractivity contribution >= 4 is 54.9 Å². The number of rotatable bonds is 1. The van der Waals surface area contributed by atoms with Crippen LogP contribution in [0.25, 0.3) is 0 Å². The molecule has 7 heteroatoms. The van der Waals surface area contributed by atoms with Crippen LogP contribution >= 0.6 is 0 Å². The Hall–Kier alpha value is 0.301. The van der Waals surface area contributed by atoms with Crippen LogP contribution in [0.1, 0.15) is 0 Å². The summed E-state index contributed by atoms with van der Waals surface area (Å²) in [5.41, 5.74) is 0. The number of hydrogen-bond acceptors (Lipinski definition) is 6. The molecule has 12 heavy (non-hydrogen) atoms. The van der Waals surface area contributed by atoms with E-state index >= 15 is 0 Å². The Morgan fingerprint density at radius 2 is 1.92 bits per heavy atom. The molecular formula is C5H6BaO6. The molecule has 0 unspecified atom stereocenters. The molecule has 0 bridgehead atoms. The number of carbonyl (C=O) groups is 1. The van der Waals surface area contributed by atoms with Crippen LogP contribution < -0.4 is 0 Å². The van der Waals surface area contributed by atoms with Crippen LogP contribution in [0.15, 0.2) is 11.5 Å². The zero-order chi connectivity index (χ0) is 7.72. The van der Waals surface area contributed by atoms with Gasteiger partial charge < -0.3 is 25.5 Å². The molecule has 0 saturated heterocycles. The van der Waals surface area contributed by atoms with Gasteiger partial charge in [-0.3, -0.25) is 0 Å². The van der Waals surface area contributed by atoms with Crippen molar-refractivity contribution < 1.29 is 30.3 Å². The molecule has 0 amide bonds. The van der Waals surface area contributed by atoms with E-state index in [0.29, 0.717) is 6.61 Å². The van der Waals surface area contributed by atoms with E-state index in [1.54, 1.807) is 0 Å². The van der Waals surface area contributed by atoms with Gasteiger partial charge in [-0.25, -0.2) is 4.79 Å². The second-order valence-electron chi connectivity index (χ2n) is 1.71. The summed E-state index contributed by atoms with van der Waals surface area (Å²) in [7, 11) is 0. The van der Waals surface area contributed by atoms with Gasteiger partial charge in [0.15, 0.2) is 5.76 Å². The average Bonchev–Trinajstić information content (AvgIpc) is 2.17. The smallest absolute Gasteiger partial charge is 0.870 e. The zero-order valence-corrected chi connectivity index (χ0v) is 10.4. The first-order chi connectivity index (χ1) is 4.66. The maximum absolute atomic E-state index is 10.3. The molecule has 0 aromatic rings. The van der Waals surface area contributed by atoms with Gasteiger partial charge in [0.25, 0.3) is 0 Å². The van der Waals surface area contributed by atoms with Gasteiger partial charge in [0.2, 0.25) is 5.76 Å². The summed E-state index contributed by atoms with van der Waals surface area (Å²) in [4.78, 5) is 10.3. The maximum atomic E-state index is 10.3. The fourth-order valence-corrected chi connectivity index (χ4v) is 0.567. The fourth-order valence-electron chi connectivity index (χ4n) is 0.567. The summed E-state index contributed by atoms with van der Waals surface area (Å²) in [6, 6.07) is 0. The number of hydrogen-bond donors (Lipinski definition) is 3. The van der Waals surface area contributed by atoms with Crippen LogP contribution in [0.5, 0.6) is 0 Å². The van der Waals surface area contributed by atoms with E-state index in [9.17, 15) is 4.79 Å². The third-order valence-corrected chi connectivity index (χ3v) is 1.07. The van der Waals surface area contributed by atoms with Gasteiger partial charge in [-0.15, -0.1) is 0 Å². The van der Waals surface area contributed by atoms with Crippen LogP contribution in [0.2, 0.25) is 0 Å². The molecule has 4 N–H and O–H groups in total. The monoisotopic (exact) mass is 300 g/mol. The molecule has 1 aliphatic rings. The van der Waals surface area contributed by atoms with Gasteiger partial charge in [-0.05, 0) is 0 Å². The fraction of sp³-hybridized carbons (Fsp3) is 0.200. The Morgan fingerprint density at radius 1 is 1.42 bits per heavy atom. The summed E-state index contributed by atoms with van der Waals surface area (Å²) >= 11 is 0. The zero-order valence-electron chi connectivity index (χ0n) is 5.97. The number of aliphatic hydroxyl groups excluding tert-OH is 3. The molecule has 64 valence electrons. The van der Waals surface area contributed by atoms with Gasteiger partial charge in [0.05, 0.1) is 6.10 Å². The minimum Gasteiger partial charge on any atom is -0.870 e. The second-order valence-corrected chi connectivity index (χ2v) is 1.71. The van der Waals surface area contributed by atoms with Crippen molar-refractivity contribution in [2.45, 2.75) is 6.10 Å². The molecule has 0 radical (unpaired) electrons. The quantitative estimate of drug-likeness (QED) is 0.332. The first-order valence-electron chi connectivity index (χ1n) is 2.47. The van der Waals surface area contributed by atoms with Gasteiger partial charge in [-0.2, -0.15) is 6.61 Å². The van der Waals surface area contributed by atoms with Crippen molar-refractivity contribution in [1.29, 1.82) is 0 Å². The van der Waals surface area contributed by atoms with Gasteiger partial charge in [0, 0.05) is 0 Å². The Labute approximate surface area is 108 Å². The van der Waals surface area contributed by atoms with Crippen LogP contribution in [0.4, 0.5) is 0 Å². The number of esters is 1. The number of cyclic esters (lactones) is 1. The molecular weight excluding hydrogens is 293 g/mol. The Kier molecular flexibility index (Phi) is 7.23. The predicted octanol–water partition coefficient (Wildman–Crippen LogP) is -0.784. The number of aliphatic hydroxyl groups is 3. The number of ether oxygens (including phenoxy) is 1. The van der Waals surface area contributed by atoms with Gasteiger partial charge in [0.1, 0.15) is 0 Å². The molecule has 0 saturated carbocycles. The van der Waals surface area contributed by atoms with Crippen LogP contribution in [-0.4, -0.2) is 81.8 Å². The molecule has 1 atom stereocenters. The van der Waals surface area contributed by atoms with E-state index in [2.05, 4.69) is 4.74 Å². The molecule has 6 nitrogen and oxygen atoms in total. The van der Waals surface area contributed by atoms with Crippen molar-refractivity contribution in [3.63, 3.8) is 0 Å². The van der Waals surface area contributed by atoms with Crippen molar-refractivity contribution in [1.82, 2.24) is 0 Å². The minimum absolute atomic E-state index is 0. The molecule has 0 aromatic heterocycles. The molecule has 1 heterocycles. The topological polar surface area (TPSA) is 117 Å². The predicted molar refractivity (Wildman–Crippen MR) is 36.1 cm³/mol. The van der Waals surface area contributed by atoms with E-state index in [1.807, 2.05) is 0 Å². The third kappa shape index (κ3) is 2.66. The van der Waals surface area contributed by atoms with E-state index in [1.165, 1.54) is 0 Å². The summed E-state index contributed by atoms with van der Waals surface area (Å²) in [6.45, 7) is 0.469. The van der Waals surface area contributed by atoms with Crippen molar-refractivity contribution in [2.24, 2.45) is 0 Å². The summed E-state index contributed by atoms with van der Waals surface area (Å²) in [6.07, 6.45) is -1.22. The maximum Gasteiger partial charge on any atom is 2.00 e. The van der Waals surface area contributed by atoms with Crippen molar-refractivity contribution in [3.05, 3.63) is 18.1 Å². The Balaban J connectivity index is 0. The average molecular weight is 299 g/mol. The molecule has 1 rings (SSSR count). The standard InChI is InChI=1S/C5H5O5.Ba.H2O/c6-1-2-3(7)4(8)5(9)10-2;;/h1-2,6-8H;;1H2/q-1;+2;/p-1/t2-;;/m1../s1. The summed E-state index contributed by atoms with van der Waals surface area (Å²) in [5.74, 6) is -2.55. The SMILES string of the molecule is O=C1O[C@H]([CH-]O)C(O)=C1O.[Ba+2].[OH-]. The van der Waals surface area contributed by atoms with Crippen LogP contribution in [0, 0.1) is 6.61 Å². The summed E-state index contributed by atoms with van der Waals surface area (Å²) < 4.78 is 4.22. The molecule has 0 aromatic carbocycles. The van der Waals surface area contributed by atoms with Crippen LogP contribution in [-0.2, 0) is 9.53 Å². The first kappa shape index (κ1) is 14.8. The minimum atomic E-state index is -1.22. The molecule has 1 aliphatic heterocycles. The number of carbonyl (C=O) groups excluding carboxylic acids is 1. The Morgan fingerprint density at radius 3 is 2.08 bits per heavy atom. The van der Waals surface area contributed by atoms with Gasteiger partial charge in [-0.1, -0.05) is 0 Å².